The van der Waals surface area contributed by atoms with Gasteiger partial charge in [-0.3, -0.25) is 14.2 Å². The second kappa shape index (κ2) is 10.7. The van der Waals surface area contributed by atoms with Gasteiger partial charge in [0.2, 0.25) is 0 Å². The number of carboxylic acids is 1. The SMILES string of the molecule is COc1ccc2c(c1)c(CC(=O)O)c(C)n2C(=O)c1ccc(Cl)cc1.COc1ccccc1. The summed E-state index contributed by atoms with van der Waals surface area (Å²) in [6.07, 6.45) is -0.170. The molecular weight excluding hydrogens is 442 g/mol. The van der Waals surface area contributed by atoms with Crippen LogP contribution in [-0.4, -0.2) is 35.8 Å². The molecule has 7 heteroatoms. The van der Waals surface area contributed by atoms with Gasteiger partial charge in [0.25, 0.3) is 5.91 Å². The van der Waals surface area contributed by atoms with Gasteiger partial charge in [0, 0.05) is 21.7 Å². The number of hydrogen-bond acceptors (Lipinski definition) is 4. The van der Waals surface area contributed by atoms with E-state index in [1.165, 1.54) is 4.57 Å². The van der Waals surface area contributed by atoms with Crippen LogP contribution in [0, 0.1) is 6.92 Å². The fraction of sp³-hybridized carbons (Fsp3) is 0.154. The monoisotopic (exact) mass is 465 g/mol. The van der Waals surface area contributed by atoms with Gasteiger partial charge >= 0.3 is 5.97 Å². The van der Waals surface area contributed by atoms with E-state index in [0.29, 0.717) is 38.5 Å². The maximum Gasteiger partial charge on any atom is 0.307 e. The number of carbonyl (C=O) groups is 2. The van der Waals surface area contributed by atoms with Crippen molar-refractivity contribution in [2.45, 2.75) is 13.3 Å². The topological polar surface area (TPSA) is 77.8 Å². The lowest BCUT2D eigenvalue weighted by atomic mass is 10.1. The molecule has 0 spiro atoms. The third-order valence-corrected chi connectivity index (χ3v) is 5.40. The van der Waals surface area contributed by atoms with Crippen LogP contribution >= 0.6 is 11.6 Å². The van der Waals surface area contributed by atoms with E-state index in [-0.39, 0.29) is 12.3 Å². The number of fused-ring (bicyclic) bond motifs is 1. The summed E-state index contributed by atoms with van der Waals surface area (Å²) >= 11 is 5.89. The third-order valence-electron chi connectivity index (χ3n) is 5.14. The van der Waals surface area contributed by atoms with Crippen molar-refractivity contribution >= 4 is 34.4 Å². The first-order valence-electron chi connectivity index (χ1n) is 10.1. The maximum absolute atomic E-state index is 13.0. The van der Waals surface area contributed by atoms with Gasteiger partial charge in [-0.15, -0.1) is 0 Å². The highest BCUT2D eigenvalue weighted by Gasteiger charge is 2.21. The molecular formula is C26H24ClNO5. The lowest BCUT2D eigenvalue weighted by Gasteiger charge is -2.08. The van der Waals surface area contributed by atoms with Crippen molar-refractivity contribution in [3.63, 3.8) is 0 Å². The lowest BCUT2D eigenvalue weighted by molar-refractivity contribution is -0.136. The summed E-state index contributed by atoms with van der Waals surface area (Å²) < 4.78 is 11.7. The molecule has 0 amide bonds. The Bertz CT molecular complexity index is 1260. The van der Waals surface area contributed by atoms with Crippen LogP contribution in [-0.2, 0) is 11.2 Å². The standard InChI is InChI=1S/C19H16ClNO4.C7H8O/c1-11-15(10-18(22)23)16-9-14(25-2)7-8-17(16)21(11)19(24)12-3-5-13(20)6-4-12;1-8-7-5-3-2-4-6-7/h3-9H,10H2,1-2H3,(H,22,23);2-6H,1H3. The van der Waals surface area contributed by atoms with E-state index in [4.69, 9.17) is 21.1 Å². The number of aromatic nitrogens is 1. The number of carbonyl (C=O) groups excluding carboxylic acids is 1. The van der Waals surface area contributed by atoms with Gasteiger partial charge in [0.1, 0.15) is 11.5 Å². The van der Waals surface area contributed by atoms with Crippen LogP contribution in [0.5, 0.6) is 11.5 Å². The van der Waals surface area contributed by atoms with E-state index in [9.17, 15) is 14.7 Å². The predicted octanol–water partition coefficient (Wildman–Crippen LogP) is 5.62. The molecule has 170 valence electrons. The first kappa shape index (κ1) is 23.9. The third kappa shape index (κ3) is 5.54. The average Bonchev–Trinajstić information content (AvgIpc) is 3.10. The molecule has 1 N–H and O–H groups in total. The zero-order valence-electron chi connectivity index (χ0n) is 18.5. The Labute approximate surface area is 196 Å². The van der Waals surface area contributed by atoms with E-state index in [1.54, 1.807) is 63.6 Å². The van der Waals surface area contributed by atoms with Crippen molar-refractivity contribution in [2.24, 2.45) is 0 Å². The Morgan fingerprint density at radius 3 is 2.09 bits per heavy atom. The van der Waals surface area contributed by atoms with Gasteiger partial charge in [-0.2, -0.15) is 0 Å². The Kier molecular flexibility index (Phi) is 7.74. The lowest BCUT2D eigenvalue weighted by Crippen LogP contribution is -2.14. The van der Waals surface area contributed by atoms with Crippen molar-refractivity contribution in [2.75, 3.05) is 14.2 Å². The number of nitrogens with zero attached hydrogens (tertiary/aromatic N) is 1. The molecule has 1 heterocycles. The average molecular weight is 466 g/mol. The van der Waals surface area contributed by atoms with Gasteiger partial charge in [-0.25, -0.2) is 0 Å². The first-order chi connectivity index (χ1) is 15.8. The van der Waals surface area contributed by atoms with Gasteiger partial charge in [-0.1, -0.05) is 29.8 Å². The zero-order chi connectivity index (χ0) is 24.0. The predicted molar refractivity (Wildman–Crippen MR) is 129 cm³/mol. The van der Waals surface area contributed by atoms with Crippen LogP contribution < -0.4 is 9.47 Å². The van der Waals surface area contributed by atoms with Crippen LogP contribution in [0.15, 0.2) is 72.8 Å². The zero-order valence-corrected chi connectivity index (χ0v) is 19.3. The van der Waals surface area contributed by atoms with Crippen LogP contribution in [0.4, 0.5) is 0 Å². The number of rotatable bonds is 5. The Morgan fingerprint density at radius 2 is 1.55 bits per heavy atom. The van der Waals surface area contributed by atoms with E-state index in [0.717, 1.165) is 5.75 Å². The molecule has 3 aromatic carbocycles. The number of ether oxygens (including phenoxy) is 2. The van der Waals surface area contributed by atoms with E-state index in [1.807, 2.05) is 30.3 Å². The quantitative estimate of drug-likeness (QED) is 0.413. The minimum atomic E-state index is -0.955. The Balaban J connectivity index is 0.000000323. The molecule has 0 atom stereocenters. The van der Waals surface area contributed by atoms with Crippen molar-refractivity contribution in [3.8, 4) is 11.5 Å². The molecule has 4 aromatic rings. The second-order valence-electron chi connectivity index (χ2n) is 7.18. The minimum Gasteiger partial charge on any atom is -0.497 e. The summed E-state index contributed by atoms with van der Waals surface area (Å²) in [7, 11) is 3.20. The van der Waals surface area contributed by atoms with Crippen LogP contribution in [0.25, 0.3) is 10.9 Å². The van der Waals surface area contributed by atoms with Crippen molar-refractivity contribution in [1.82, 2.24) is 4.57 Å². The molecule has 0 radical (unpaired) electrons. The molecule has 0 fully saturated rings. The van der Waals surface area contributed by atoms with E-state index < -0.39 is 5.97 Å². The summed E-state index contributed by atoms with van der Waals surface area (Å²) in [5, 5.41) is 10.5. The number of aliphatic carboxylic acids is 1. The smallest absolute Gasteiger partial charge is 0.307 e. The molecule has 0 bridgehead atoms. The summed E-state index contributed by atoms with van der Waals surface area (Å²) in [6.45, 7) is 1.75. The van der Waals surface area contributed by atoms with Crippen molar-refractivity contribution < 1.29 is 24.2 Å². The van der Waals surface area contributed by atoms with Gasteiger partial charge in [-0.05, 0) is 67.1 Å². The highest BCUT2D eigenvalue weighted by molar-refractivity contribution is 6.30. The molecule has 0 aliphatic carbocycles. The molecule has 6 nitrogen and oxygen atoms in total. The first-order valence-corrected chi connectivity index (χ1v) is 10.5. The number of carboxylic acid groups (broad SMARTS) is 1. The fourth-order valence-corrected chi connectivity index (χ4v) is 3.63. The molecule has 0 saturated carbocycles. The Hall–Kier alpha value is -3.77. The molecule has 0 saturated heterocycles. The number of para-hydroxylation sites is 1. The van der Waals surface area contributed by atoms with Gasteiger partial charge < -0.3 is 14.6 Å². The number of hydrogen-bond donors (Lipinski definition) is 1. The highest BCUT2D eigenvalue weighted by atomic mass is 35.5. The Morgan fingerprint density at radius 1 is 0.909 bits per heavy atom. The maximum atomic E-state index is 13.0. The van der Waals surface area contributed by atoms with E-state index >= 15 is 0 Å². The fourth-order valence-electron chi connectivity index (χ4n) is 3.50. The molecule has 33 heavy (non-hydrogen) atoms. The summed E-state index contributed by atoms with van der Waals surface area (Å²) in [4.78, 5) is 24.3. The van der Waals surface area contributed by atoms with Crippen molar-refractivity contribution in [3.05, 3.63) is 94.6 Å². The normalized spacial score (nSPS) is 10.3. The summed E-state index contributed by atoms with van der Waals surface area (Å²) in [5.74, 6) is 0.326. The van der Waals surface area contributed by atoms with Crippen LogP contribution in [0.3, 0.4) is 0 Å². The largest absolute Gasteiger partial charge is 0.497 e. The van der Waals surface area contributed by atoms with Crippen LogP contribution in [0.1, 0.15) is 21.6 Å². The summed E-state index contributed by atoms with van der Waals surface area (Å²) in [5.41, 5.74) is 2.32. The molecule has 0 unspecified atom stereocenters. The number of methoxy groups -OCH3 is 2. The van der Waals surface area contributed by atoms with Gasteiger partial charge in [0.15, 0.2) is 0 Å². The number of halogens is 1. The van der Waals surface area contributed by atoms with Gasteiger partial charge in [0.05, 0.1) is 26.2 Å². The van der Waals surface area contributed by atoms with Crippen molar-refractivity contribution in [1.29, 1.82) is 0 Å². The summed E-state index contributed by atoms with van der Waals surface area (Å²) in [6, 6.07) is 21.5. The second-order valence-corrected chi connectivity index (χ2v) is 7.62. The molecule has 1 aromatic heterocycles. The molecule has 0 aliphatic heterocycles. The van der Waals surface area contributed by atoms with Crippen LogP contribution in [0.2, 0.25) is 5.02 Å². The highest BCUT2D eigenvalue weighted by Crippen LogP contribution is 2.30. The minimum absolute atomic E-state index is 0.170. The number of benzene rings is 3. The molecule has 0 aliphatic rings. The van der Waals surface area contributed by atoms with E-state index in [2.05, 4.69) is 0 Å². The molecule has 4 rings (SSSR count).